The molecule has 0 saturated heterocycles. The lowest BCUT2D eigenvalue weighted by Crippen LogP contribution is -2.29. The fraction of sp³-hybridized carbons (Fsp3) is 0.286. The monoisotopic (exact) mass is 292 g/mol. The van der Waals surface area contributed by atoms with E-state index in [-0.39, 0.29) is 23.6 Å². The lowest BCUT2D eigenvalue weighted by atomic mass is 10.2. The molecule has 7 heteroatoms. The average Bonchev–Trinajstić information content (AvgIpc) is 2.76. The second-order valence-corrected chi connectivity index (χ2v) is 4.68. The molecule has 0 radical (unpaired) electrons. The summed E-state index contributed by atoms with van der Waals surface area (Å²) in [5.41, 5.74) is 5.86. The Morgan fingerprint density at radius 1 is 1.33 bits per heavy atom. The van der Waals surface area contributed by atoms with Gasteiger partial charge in [-0.1, -0.05) is 6.92 Å². The van der Waals surface area contributed by atoms with Crippen LogP contribution in [0.1, 0.15) is 13.3 Å². The van der Waals surface area contributed by atoms with E-state index < -0.39 is 11.7 Å². The van der Waals surface area contributed by atoms with Crippen molar-refractivity contribution in [3.05, 3.63) is 46.9 Å². The summed E-state index contributed by atoms with van der Waals surface area (Å²) in [7, 11) is 0. The third-order valence-corrected chi connectivity index (χ3v) is 2.99. The summed E-state index contributed by atoms with van der Waals surface area (Å²) in [6, 6.07) is 3.72. The summed E-state index contributed by atoms with van der Waals surface area (Å²) < 4.78 is 15.9. The number of rotatable bonds is 5. The highest BCUT2D eigenvalue weighted by atomic mass is 19.1. The van der Waals surface area contributed by atoms with E-state index >= 15 is 0 Å². The number of nitrogens with zero attached hydrogens (tertiary/aromatic N) is 2. The Morgan fingerprint density at radius 3 is 2.76 bits per heavy atom. The molecule has 0 aliphatic carbocycles. The molecular formula is C14H17FN4O2. The Balaban J connectivity index is 2.08. The highest BCUT2D eigenvalue weighted by Gasteiger charge is 2.10. The number of aromatic nitrogens is 2. The standard InChI is InChI=1S/C14H17FN4O2/c1-2-5-18-6-7-19(14(18)21)9-13(20)17-12-8-10(15)3-4-11(12)16/h3-4,6-8H,2,5,9,16H2,1H3,(H,17,20). The van der Waals surface area contributed by atoms with E-state index in [0.29, 0.717) is 6.54 Å². The van der Waals surface area contributed by atoms with Crippen LogP contribution in [0.25, 0.3) is 0 Å². The van der Waals surface area contributed by atoms with Crippen molar-refractivity contribution in [2.45, 2.75) is 26.4 Å². The van der Waals surface area contributed by atoms with Gasteiger partial charge in [0.25, 0.3) is 0 Å². The third kappa shape index (κ3) is 3.50. The molecule has 112 valence electrons. The second kappa shape index (κ2) is 6.25. The van der Waals surface area contributed by atoms with E-state index in [1.165, 1.54) is 21.3 Å². The van der Waals surface area contributed by atoms with Crippen LogP contribution in [0.3, 0.4) is 0 Å². The Bertz CT molecular complexity index is 705. The van der Waals surface area contributed by atoms with Gasteiger partial charge < -0.3 is 11.1 Å². The van der Waals surface area contributed by atoms with E-state index in [1.807, 2.05) is 6.92 Å². The number of benzene rings is 1. The largest absolute Gasteiger partial charge is 0.397 e. The normalized spacial score (nSPS) is 10.6. The Morgan fingerprint density at radius 2 is 2.05 bits per heavy atom. The summed E-state index contributed by atoms with van der Waals surface area (Å²) in [6.07, 6.45) is 4.01. The highest BCUT2D eigenvalue weighted by Crippen LogP contribution is 2.18. The van der Waals surface area contributed by atoms with Gasteiger partial charge in [-0.25, -0.2) is 9.18 Å². The molecular weight excluding hydrogens is 275 g/mol. The number of carbonyl (C=O) groups is 1. The van der Waals surface area contributed by atoms with Gasteiger partial charge in [-0.3, -0.25) is 13.9 Å². The number of nitrogens with two attached hydrogens (primary N) is 1. The van der Waals surface area contributed by atoms with Crippen LogP contribution in [0.2, 0.25) is 0 Å². The summed E-state index contributed by atoms with van der Waals surface area (Å²) in [5, 5.41) is 2.50. The van der Waals surface area contributed by atoms with Crippen LogP contribution in [0.5, 0.6) is 0 Å². The third-order valence-electron chi connectivity index (χ3n) is 2.99. The minimum atomic E-state index is -0.495. The van der Waals surface area contributed by atoms with Gasteiger partial charge in [0.1, 0.15) is 12.4 Å². The van der Waals surface area contributed by atoms with Crippen molar-refractivity contribution in [2.75, 3.05) is 11.1 Å². The number of aryl methyl sites for hydroxylation is 1. The number of hydrogen-bond acceptors (Lipinski definition) is 3. The van der Waals surface area contributed by atoms with Crippen molar-refractivity contribution >= 4 is 17.3 Å². The number of hydrogen-bond donors (Lipinski definition) is 2. The van der Waals surface area contributed by atoms with Gasteiger partial charge in [-0.15, -0.1) is 0 Å². The van der Waals surface area contributed by atoms with Gasteiger partial charge in [0.2, 0.25) is 5.91 Å². The maximum absolute atomic E-state index is 13.1. The SMILES string of the molecule is CCCn1ccn(CC(=O)Nc2cc(F)ccc2N)c1=O. The van der Waals surface area contributed by atoms with Gasteiger partial charge >= 0.3 is 5.69 Å². The van der Waals surface area contributed by atoms with Crippen LogP contribution in [-0.4, -0.2) is 15.0 Å². The summed E-state index contributed by atoms with van der Waals surface area (Å²) in [5.74, 6) is -0.936. The Hall–Kier alpha value is -2.57. The molecule has 0 aliphatic heterocycles. The molecule has 0 aliphatic rings. The Kier molecular flexibility index (Phi) is 4.42. The lowest BCUT2D eigenvalue weighted by molar-refractivity contribution is -0.116. The molecule has 1 heterocycles. The van der Waals surface area contributed by atoms with Crippen molar-refractivity contribution in [2.24, 2.45) is 0 Å². The highest BCUT2D eigenvalue weighted by molar-refractivity contribution is 5.93. The van der Waals surface area contributed by atoms with Crippen molar-refractivity contribution < 1.29 is 9.18 Å². The smallest absolute Gasteiger partial charge is 0.328 e. The van der Waals surface area contributed by atoms with Crippen LogP contribution in [0.15, 0.2) is 35.4 Å². The summed E-state index contributed by atoms with van der Waals surface area (Å²) >= 11 is 0. The van der Waals surface area contributed by atoms with Gasteiger partial charge in [-0.2, -0.15) is 0 Å². The number of amides is 1. The van der Waals surface area contributed by atoms with Crippen LogP contribution in [0, 0.1) is 5.82 Å². The lowest BCUT2D eigenvalue weighted by Gasteiger charge is -2.08. The summed E-state index contributed by atoms with van der Waals surface area (Å²) in [4.78, 5) is 23.8. The molecule has 21 heavy (non-hydrogen) atoms. The number of nitrogen functional groups attached to an aromatic ring is 1. The van der Waals surface area contributed by atoms with E-state index in [0.717, 1.165) is 12.5 Å². The molecule has 0 bridgehead atoms. The van der Waals surface area contributed by atoms with Gasteiger partial charge in [0.05, 0.1) is 11.4 Å². The van der Waals surface area contributed by atoms with Crippen molar-refractivity contribution in [3.63, 3.8) is 0 Å². The fourth-order valence-electron chi connectivity index (χ4n) is 1.97. The zero-order valence-corrected chi connectivity index (χ0v) is 11.7. The maximum Gasteiger partial charge on any atom is 0.328 e. The number of carbonyl (C=O) groups excluding carboxylic acids is 1. The molecule has 2 rings (SSSR count). The molecule has 0 unspecified atom stereocenters. The first-order chi connectivity index (χ1) is 10.0. The zero-order valence-electron chi connectivity index (χ0n) is 11.7. The van der Waals surface area contributed by atoms with E-state index in [4.69, 9.17) is 5.73 Å². The quantitative estimate of drug-likeness (QED) is 0.818. The number of halogens is 1. The predicted molar refractivity (Wildman–Crippen MR) is 78.4 cm³/mol. The molecule has 3 N–H and O–H groups in total. The van der Waals surface area contributed by atoms with Crippen molar-refractivity contribution in [1.29, 1.82) is 0 Å². The first-order valence-electron chi connectivity index (χ1n) is 6.61. The minimum Gasteiger partial charge on any atom is -0.397 e. The Labute approximate surface area is 121 Å². The molecule has 1 aromatic heterocycles. The molecule has 0 saturated carbocycles. The molecule has 2 aromatic rings. The van der Waals surface area contributed by atoms with E-state index in [2.05, 4.69) is 5.32 Å². The van der Waals surface area contributed by atoms with E-state index in [9.17, 15) is 14.0 Å². The van der Waals surface area contributed by atoms with Gasteiger partial charge in [0.15, 0.2) is 0 Å². The summed E-state index contributed by atoms with van der Waals surface area (Å²) in [6.45, 7) is 2.42. The first-order valence-corrected chi connectivity index (χ1v) is 6.61. The number of imidazole rings is 1. The van der Waals surface area contributed by atoms with Crippen LogP contribution in [-0.2, 0) is 17.9 Å². The molecule has 0 fully saturated rings. The topological polar surface area (TPSA) is 82.1 Å². The molecule has 6 nitrogen and oxygen atoms in total. The van der Waals surface area contributed by atoms with Crippen LogP contribution >= 0.6 is 0 Å². The second-order valence-electron chi connectivity index (χ2n) is 4.68. The average molecular weight is 292 g/mol. The van der Waals surface area contributed by atoms with Gasteiger partial charge in [-0.05, 0) is 24.6 Å². The molecule has 1 amide bonds. The fourth-order valence-corrected chi connectivity index (χ4v) is 1.97. The zero-order chi connectivity index (χ0) is 15.4. The van der Waals surface area contributed by atoms with Gasteiger partial charge in [0, 0.05) is 18.9 Å². The number of anilines is 2. The molecule has 0 spiro atoms. The minimum absolute atomic E-state index is 0.147. The molecule has 0 atom stereocenters. The maximum atomic E-state index is 13.1. The van der Waals surface area contributed by atoms with Crippen molar-refractivity contribution in [3.8, 4) is 0 Å². The molecule has 1 aromatic carbocycles. The van der Waals surface area contributed by atoms with Crippen LogP contribution < -0.4 is 16.7 Å². The van der Waals surface area contributed by atoms with E-state index in [1.54, 1.807) is 12.4 Å². The van der Waals surface area contributed by atoms with Crippen molar-refractivity contribution in [1.82, 2.24) is 9.13 Å². The first kappa shape index (κ1) is 14.8. The number of nitrogens with one attached hydrogen (secondary N) is 1. The van der Waals surface area contributed by atoms with Crippen LogP contribution in [0.4, 0.5) is 15.8 Å². The predicted octanol–water partition coefficient (Wildman–Crippen LogP) is 1.42.